The van der Waals surface area contributed by atoms with E-state index in [4.69, 9.17) is 9.26 Å². The number of aromatic nitrogens is 3. The largest absolute Gasteiger partial charge is 0.461 e. The van der Waals surface area contributed by atoms with Crippen molar-refractivity contribution in [3.8, 4) is 0 Å². The van der Waals surface area contributed by atoms with E-state index in [-0.39, 0.29) is 17.5 Å². The number of carbonyl (C=O) groups excluding carboxylic acids is 1. The average molecular weight is 335 g/mol. The molecular weight excluding hydrogens is 314 g/mol. The lowest BCUT2D eigenvalue weighted by Crippen LogP contribution is -2.30. The molecule has 0 bridgehead atoms. The van der Waals surface area contributed by atoms with Gasteiger partial charge in [0, 0.05) is 19.2 Å². The van der Waals surface area contributed by atoms with E-state index in [2.05, 4.69) is 20.2 Å². The Morgan fingerprint density at radius 1 is 1.33 bits per heavy atom. The highest BCUT2D eigenvalue weighted by atomic mass is 16.6. The SMILES string of the molecule is CC(C)COC(=O)Nc1cc(N2CCCCC2)nc2nc(=O)on12. The van der Waals surface area contributed by atoms with Gasteiger partial charge in [-0.3, -0.25) is 5.32 Å². The second kappa shape index (κ2) is 6.90. The van der Waals surface area contributed by atoms with E-state index < -0.39 is 11.8 Å². The van der Waals surface area contributed by atoms with E-state index in [1.807, 2.05) is 13.8 Å². The number of ether oxygens (including phenoxy) is 1. The van der Waals surface area contributed by atoms with Crippen molar-refractivity contribution in [1.29, 1.82) is 0 Å². The van der Waals surface area contributed by atoms with Gasteiger partial charge in [-0.25, -0.2) is 9.59 Å². The van der Waals surface area contributed by atoms with Crippen LogP contribution in [0.5, 0.6) is 0 Å². The van der Waals surface area contributed by atoms with E-state index in [0.717, 1.165) is 30.5 Å². The van der Waals surface area contributed by atoms with E-state index in [9.17, 15) is 9.59 Å². The first-order valence-corrected chi connectivity index (χ1v) is 8.13. The number of fused-ring (bicyclic) bond motifs is 1. The topological polar surface area (TPSA) is 102 Å². The lowest BCUT2D eigenvalue weighted by Gasteiger charge is -2.27. The van der Waals surface area contributed by atoms with Crippen molar-refractivity contribution in [2.45, 2.75) is 33.1 Å². The minimum absolute atomic E-state index is 0.113. The zero-order chi connectivity index (χ0) is 17.1. The number of nitrogens with zero attached hydrogens (tertiary/aromatic N) is 4. The Kier molecular flexibility index (Phi) is 4.68. The zero-order valence-electron chi connectivity index (χ0n) is 13.8. The van der Waals surface area contributed by atoms with Crippen molar-refractivity contribution in [3.63, 3.8) is 0 Å². The Morgan fingerprint density at radius 2 is 2.08 bits per heavy atom. The van der Waals surface area contributed by atoms with Crippen LogP contribution in [0, 0.1) is 5.92 Å². The van der Waals surface area contributed by atoms with Crippen LogP contribution < -0.4 is 16.0 Å². The van der Waals surface area contributed by atoms with Gasteiger partial charge in [0.05, 0.1) is 6.61 Å². The molecule has 1 aliphatic heterocycles. The van der Waals surface area contributed by atoms with Crippen LogP contribution in [-0.2, 0) is 4.74 Å². The molecule has 0 saturated carbocycles. The molecule has 3 rings (SSSR count). The van der Waals surface area contributed by atoms with Gasteiger partial charge in [-0.15, -0.1) is 9.56 Å². The molecule has 1 aliphatic rings. The smallest absolute Gasteiger partial charge is 0.449 e. The highest BCUT2D eigenvalue weighted by Crippen LogP contribution is 2.22. The quantitative estimate of drug-likeness (QED) is 0.910. The van der Waals surface area contributed by atoms with Gasteiger partial charge in [-0.05, 0) is 25.2 Å². The zero-order valence-corrected chi connectivity index (χ0v) is 13.8. The number of hydrogen-bond acceptors (Lipinski definition) is 7. The average Bonchev–Trinajstić information content (AvgIpc) is 2.94. The van der Waals surface area contributed by atoms with Crippen molar-refractivity contribution in [2.75, 3.05) is 29.9 Å². The predicted octanol–water partition coefficient (Wildman–Crippen LogP) is 1.88. The molecule has 3 heterocycles. The van der Waals surface area contributed by atoms with Gasteiger partial charge in [0.15, 0.2) is 5.82 Å². The third-order valence-corrected chi connectivity index (χ3v) is 3.70. The van der Waals surface area contributed by atoms with Gasteiger partial charge in [-0.1, -0.05) is 13.8 Å². The van der Waals surface area contributed by atoms with Crippen LogP contribution in [0.25, 0.3) is 5.78 Å². The number of amides is 1. The third-order valence-electron chi connectivity index (χ3n) is 3.70. The van der Waals surface area contributed by atoms with Crippen LogP contribution in [0.4, 0.5) is 16.4 Å². The maximum atomic E-state index is 11.9. The van der Waals surface area contributed by atoms with E-state index in [0.29, 0.717) is 12.4 Å². The highest BCUT2D eigenvalue weighted by Gasteiger charge is 2.18. The van der Waals surface area contributed by atoms with Gasteiger partial charge in [-0.2, -0.15) is 4.98 Å². The molecule has 24 heavy (non-hydrogen) atoms. The number of carbonyl (C=O) groups is 1. The number of nitrogens with one attached hydrogen (secondary N) is 1. The summed E-state index contributed by atoms with van der Waals surface area (Å²) in [5.74, 6) is 0.494. The molecule has 2 aromatic rings. The maximum Gasteiger partial charge on any atom is 0.461 e. The van der Waals surface area contributed by atoms with Crippen LogP contribution in [-0.4, -0.2) is 40.3 Å². The summed E-state index contributed by atoms with van der Waals surface area (Å²) in [5.41, 5.74) is 0. The maximum absolute atomic E-state index is 11.9. The van der Waals surface area contributed by atoms with Crippen LogP contribution >= 0.6 is 0 Å². The third kappa shape index (κ3) is 3.66. The minimum atomic E-state index is -0.767. The normalized spacial score (nSPS) is 15.0. The van der Waals surface area contributed by atoms with Gasteiger partial charge in [0.25, 0.3) is 5.78 Å². The summed E-state index contributed by atoms with van der Waals surface area (Å²) >= 11 is 0. The van der Waals surface area contributed by atoms with Crippen LogP contribution in [0.3, 0.4) is 0 Å². The summed E-state index contributed by atoms with van der Waals surface area (Å²) in [7, 11) is 0. The first-order chi connectivity index (χ1) is 11.5. The van der Waals surface area contributed by atoms with Crippen molar-refractivity contribution in [3.05, 3.63) is 16.6 Å². The summed E-state index contributed by atoms with van der Waals surface area (Å²) in [4.78, 5) is 33.5. The molecule has 1 N–H and O–H groups in total. The van der Waals surface area contributed by atoms with Gasteiger partial charge >= 0.3 is 11.8 Å². The fourth-order valence-electron chi connectivity index (χ4n) is 2.56. The van der Waals surface area contributed by atoms with Crippen LogP contribution in [0.2, 0.25) is 0 Å². The van der Waals surface area contributed by atoms with Crippen molar-refractivity contribution in [2.24, 2.45) is 5.92 Å². The summed E-state index contributed by atoms with van der Waals surface area (Å²) in [6.07, 6.45) is 2.74. The molecule has 0 atom stereocenters. The molecule has 9 nitrogen and oxygen atoms in total. The molecule has 0 unspecified atom stereocenters. The molecule has 1 amide bonds. The first-order valence-electron chi connectivity index (χ1n) is 8.13. The Labute approximate surface area is 138 Å². The van der Waals surface area contributed by atoms with E-state index in [1.165, 1.54) is 6.42 Å². The van der Waals surface area contributed by atoms with Gasteiger partial charge in [0.2, 0.25) is 0 Å². The first kappa shape index (κ1) is 16.3. The fraction of sp³-hybridized carbons (Fsp3) is 0.600. The molecule has 9 heteroatoms. The lowest BCUT2D eigenvalue weighted by molar-refractivity contribution is 0.147. The Morgan fingerprint density at radius 3 is 2.79 bits per heavy atom. The van der Waals surface area contributed by atoms with Crippen LogP contribution in [0.1, 0.15) is 33.1 Å². The van der Waals surface area contributed by atoms with Crippen molar-refractivity contribution in [1.82, 2.24) is 14.5 Å². The molecule has 130 valence electrons. The molecule has 0 spiro atoms. The predicted molar refractivity (Wildman–Crippen MR) is 87.4 cm³/mol. The molecular formula is C15H21N5O4. The van der Waals surface area contributed by atoms with Crippen LogP contribution in [0.15, 0.2) is 15.4 Å². The second-order valence-corrected chi connectivity index (χ2v) is 6.23. The summed E-state index contributed by atoms with van der Waals surface area (Å²) < 4.78 is 11.2. The minimum Gasteiger partial charge on any atom is -0.449 e. The fourth-order valence-corrected chi connectivity index (χ4v) is 2.56. The number of piperidine rings is 1. The Balaban J connectivity index is 1.89. The summed E-state index contributed by atoms with van der Waals surface area (Å²) in [5, 5.41) is 2.60. The highest BCUT2D eigenvalue weighted by molar-refractivity contribution is 5.84. The molecule has 2 aromatic heterocycles. The second-order valence-electron chi connectivity index (χ2n) is 6.23. The van der Waals surface area contributed by atoms with Gasteiger partial charge in [0.1, 0.15) is 5.82 Å². The van der Waals surface area contributed by atoms with Crippen molar-refractivity contribution < 1.29 is 14.1 Å². The molecule has 1 fully saturated rings. The number of hydrogen-bond donors (Lipinski definition) is 1. The molecule has 1 saturated heterocycles. The van der Waals surface area contributed by atoms with Crippen molar-refractivity contribution >= 4 is 23.5 Å². The number of anilines is 2. The Bertz CT molecular complexity index is 776. The lowest BCUT2D eigenvalue weighted by atomic mass is 10.1. The summed E-state index contributed by atoms with van der Waals surface area (Å²) in [6.45, 7) is 5.94. The molecule has 0 radical (unpaired) electrons. The van der Waals surface area contributed by atoms with Gasteiger partial charge < -0.3 is 14.2 Å². The monoisotopic (exact) mass is 335 g/mol. The van der Waals surface area contributed by atoms with E-state index >= 15 is 0 Å². The number of rotatable bonds is 4. The summed E-state index contributed by atoms with van der Waals surface area (Å²) in [6, 6.07) is 1.67. The standard InChI is InChI=1S/C15H21N5O4/c1-10(2)9-23-14(21)17-12-8-11(19-6-4-3-5-7-19)16-13-18-15(22)24-20(12)13/h8,10H,3-7,9H2,1-2H3,(H,17,21). The Hall–Kier alpha value is -2.58. The molecule has 0 aromatic carbocycles. The molecule has 0 aliphatic carbocycles. The van der Waals surface area contributed by atoms with E-state index in [1.54, 1.807) is 6.07 Å².